The van der Waals surface area contributed by atoms with Crippen molar-refractivity contribution in [2.75, 3.05) is 25.7 Å². The predicted octanol–water partition coefficient (Wildman–Crippen LogP) is 0.242. The first-order valence-corrected chi connectivity index (χ1v) is 8.26. The number of sulfonamides is 1. The Morgan fingerprint density at radius 1 is 1.60 bits per heavy atom. The third-order valence-electron chi connectivity index (χ3n) is 2.68. The number of aromatic nitrogens is 2. The summed E-state index contributed by atoms with van der Waals surface area (Å²) in [7, 11) is -2.13. The molecule has 1 atom stereocenters. The summed E-state index contributed by atoms with van der Waals surface area (Å²) in [5.74, 6) is 5.53. The standard InChI is InChI=1S/C10H17N5O3S2/c1-7(6-18-2)5-12-20(16,17)9-8(14-11)13-10-15(9)3-4-19-10/h3-4,7,12,14H,5-6,11H2,1-2H3. The molecule has 2 aromatic rings. The molecule has 2 heterocycles. The molecule has 2 rings (SSSR count). The number of nitrogens with two attached hydrogens (primary N) is 1. The van der Waals surface area contributed by atoms with Gasteiger partial charge in [-0.15, -0.1) is 11.3 Å². The molecule has 0 aliphatic heterocycles. The smallest absolute Gasteiger partial charge is 0.260 e. The monoisotopic (exact) mass is 319 g/mol. The van der Waals surface area contributed by atoms with Crippen molar-refractivity contribution in [2.45, 2.75) is 11.9 Å². The molecule has 0 amide bonds. The lowest BCUT2D eigenvalue weighted by Crippen LogP contribution is -2.31. The number of hydrogen-bond acceptors (Lipinski definition) is 7. The van der Waals surface area contributed by atoms with E-state index in [1.54, 1.807) is 18.7 Å². The zero-order valence-corrected chi connectivity index (χ0v) is 12.8. The van der Waals surface area contributed by atoms with Gasteiger partial charge >= 0.3 is 0 Å². The zero-order valence-electron chi connectivity index (χ0n) is 11.2. The zero-order chi connectivity index (χ0) is 14.8. The summed E-state index contributed by atoms with van der Waals surface area (Å²) in [5, 5.41) is 1.77. The lowest BCUT2D eigenvalue weighted by molar-refractivity contribution is 0.161. The first-order valence-electron chi connectivity index (χ1n) is 5.90. The van der Waals surface area contributed by atoms with Crippen molar-refractivity contribution in [2.24, 2.45) is 11.8 Å². The maximum Gasteiger partial charge on any atom is 0.260 e. The summed E-state index contributed by atoms with van der Waals surface area (Å²) >= 11 is 1.33. The van der Waals surface area contributed by atoms with Gasteiger partial charge in [0.05, 0.1) is 0 Å². The van der Waals surface area contributed by atoms with Gasteiger partial charge in [0.1, 0.15) is 0 Å². The quantitative estimate of drug-likeness (QED) is 0.498. The summed E-state index contributed by atoms with van der Waals surface area (Å²) in [6.45, 7) is 2.65. The number of nitrogens with one attached hydrogen (secondary N) is 2. The number of imidazole rings is 1. The highest BCUT2D eigenvalue weighted by Crippen LogP contribution is 2.24. The molecule has 0 spiro atoms. The summed E-state index contributed by atoms with van der Waals surface area (Å²) in [4.78, 5) is 4.68. The van der Waals surface area contributed by atoms with Crippen LogP contribution in [-0.2, 0) is 14.8 Å². The van der Waals surface area contributed by atoms with E-state index in [2.05, 4.69) is 15.1 Å². The summed E-state index contributed by atoms with van der Waals surface area (Å²) in [5.41, 5.74) is 2.32. The van der Waals surface area contributed by atoms with Crippen LogP contribution in [0.1, 0.15) is 6.92 Å². The van der Waals surface area contributed by atoms with Crippen LogP contribution in [0.15, 0.2) is 16.6 Å². The highest BCUT2D eigenvalue weighted by molar-refractivity contribution is 7.89. The van der Waals surface area contributed by atoms with Crippen LogP contribution >= 0.6 is 11.3 Å². The number of hydrogen-bond donors (Lipinski definition) is 3. The summed E-state index contributed by atoms with van der Waals surface area (Å²) in [6, 6.07) is 0. The minimum atomic E-state index is -3.71. The van der Waals surface area contributed by atoms with Gasteiger partial charge in [-0.1, -0.05) is 6.92 Å². The van der Waals surface area contributed by atoms with Crippen LogP contribution in [-0.4, -0.2) is 38.1 Å². The number of hydrazine groups is 1. The van der Waals surface area contributed by atoms with Crippen LogP contribution in [0.2, 0.25) is 0 Å². The van der Waals surface area contributed by atoms with Crippen molar-refractivity contribution in [1.29, 1.82) is 0 Å². The molecule has 0 fully saturated rings. The van der Waals surface area contributed by atoms with E-state index in [1.807, 2.05) is 6.92 Å². The van der Waals surface area contributed by atoms with E-state index >= 15 is 0 Å². The van der Waals surface area contributed by atoms with E-state index in [9.17, 15) is 8.42 Å². The largest absolute Gasteiger partial charge is 0.384 e. The summed E-state index contributed by atoms with van der Waals surface area (Å²) in [6.07, 6.45) is 1.64. The molecule has 0 saturated carbocycles. The number of fused-ring (bicyclic) bond motifs is 1. The van der Waals surface area contributed by atoms with E-state index in [0.717, 1.165) is 0 Å². The Balaban J connectivity index is 2.29. The minimum absolute atomic E-state index is 0.0147. The Labute approximate surface area is 121 Å². The molecule has 20 heavy (non-hydrogen) atoms. The molecular formula is C10H17N5O3S2. The van der Waals surface area contributed by atoms with Crippen LogP contribution < -0.4 is 16.0 Å². The molecule has 112 valence electrons. The van der Waals surface area contributed by atoms with Gasteiger partial charge in [0.2, 0.25) is 5.03 Å². The second-order valence-corrected chi connectivity index (χ2v) is 6.93. The van der Waals surface area contributed by atoms with Crippen molar-refractivity contribution in [1.82, 2.24) is 14.1 Å². The topological polar surface area (TPSA) is 111 Å². The Kier molecular flexibility index (Phi) is 4.60. The van der Waals surface area contributed by atoms with Gasteiger partial charge in [0.15, 0.2) is 10.8 Å². The second kappa shape index (κ2) is 6.06. The maximum atomic E-state index is 12.4. The number of anilines is 1. The lowest BCUT2D eigenvalue weighted by Gasteiger charge is -2.12. The molecule has 0 radical (unpaired) electrons. The van der Waals surface area contributed by atoms with Crippen LogP contribution in [0.4, 0.5) is 5.82 Å². The van der Waals surface area contributed by atoms with Gasteiger partial charge in [-0.25, -0.2) is 19.0 Å². The number of rotatable bonds is 7. The number of nitrogen functional groups attached to an aromatic ring is 1. The number of thiazole rings is 1. The third-order valence-corrected chi connectivity index (χ3v) is 4.88. The first-order chi connectivity index (χ1) is 9.49. The Morgan fingerprint density at radius 3 is 3.00 bits per heavy atom. The number of ether oxygens (including phenoxy) is 1. The first kappa shape index (κ1) is 15.2. The normalized spacial score (nSPS) is 13.8. The van der Waals surface area contributed by atoms with Crippen LogP contribution in [0.5, 0.6) is 0 Å². The molecule has 2 aromatic heterocycles. The summed E-state index contributed by atoms with van der Waals surface area (Å²) < 4.78 is 33.8. The lowest BCUT2D eigenvalue weighted by atomic mass is 10.2. The minimum Gasteiger partial charge on any atom is -0.384 e. The molecule has 0 aromatic carbocycles. The Bertz CT molecular complexity index is 678. The average Bonchev–Trinajstić information content (AvgIpc) is 2.96. The fraction of sp³-hybridized carbons (Fsp3) is 0.500. The fourth-order valence-electron chi connectivity index (χ4n) is 1.78. The maximum absolute atomic E-state index is 12.4. The van der Waals surface area contributed by atoms with Crippen LogP contribution in [0.3, 0.4) is 0 Å². The third kappa shape index (κ3) is 2.94. The molecule has 0 aliphatic carbocycles. The van der Waals surface area contributed by atoms with Crippen LogP contribution in [0.25, 0.3) is 4.96 Å². The predicted molar refractivity (Wildman–Crippen MR) is 77.1 cm³/mol. The Morgan fingerprint density at radius 2 is 2.35 bits per heavy atom. The van der Waals surface area contributed by atoms with Crippen LogP contribution in [0, 0.1) is 5.92 Å². The molecule has 10 heteroatoms. The van der Waals surface area contributed by atoms with E-state index in [-0.39, 0.29) is 23.3 Å². The second-order valence-electron chi connectivity index (χ2n) is 4.38. The van der Waals surface area contributed by atoms with Gasteiger partial charge in [-0.2, -0.15) is 4.98 Å². The molecule has 0 bridgehead atoms. The number of methoxy groups -OCH3 is 1. The van der Waals surface area contributed by atoms with E-state index in [1.165, 1.54) is 15.7 Å². The van der Waals surface area contributed by atoms with Crippen molar-refractivity contribution >= 4 is 32.1 Å². The van der Waals surface area contributed by atoms with Crippen molar-refractivity contribution in [3.8, 4) is 0 Å². The highest BCUT2D eigenvalue weighted by atomic mass is 32.2. The molecular weight excluding hydrogens is 302 g/mol. The Hall–Kier alpha value is -1.20. The van der Waals surface area contributed by atoms with E-state index < -0.39 is 10.0 Å². The van der Waals surface area contributed by atoms with Gasteiger partial charge in [0, 0.05) is 31.8 Å². The average molecular weight is 319 g/mol. The fourth-order valence-corrected chi connectivity index (χ4v) is 3.96. The van der Waals surface area contributed by atoms with Crippen molar-refractivity contribution in [3.05, 3.63) is 11.6 Å². The SMILES string of the molecule is COCC(C)CNS(=O)(=O)c1c(NN)nc2sccn12. The molecule has 4 N–H and O–H groups in total. The van der Waals surface area contributed by atoms with E-state index in [4.69, 9.17) is 10.6 Å². The van der Waals surface area contributed by atoms with Gasteiger partial charge in [-0.3, -0.25) is 4.40 Å². The highest BCUT2D eigenvalue weighted by Gasteiger charge is 2.25. The molecule has 0 saturated heterocycles. The van der Waals surface area contributed by atoms with E-state index in [0.29, 0.717) is 11.6 Å². The molecule has 8 nitrogen and oxygen atoms in total. The molecule has 0 aliphatic rings. The van der Waals surface area contributed by atoms with Crippen molar-refractivity contribution < 1.29 is 13.2 Å². The van der Waals surface area contributed by atoms with Crippen molar-refractivity contribution in [3.63, 3.8) is 0 Å². The van der Waals surface area contributed by atoms with Gasteiger partial charge in [0.25, 0.3) is 10.0 Å². The number of nitrogens with zero attached hydrogens (tertiary/aromatic N) is 2. The van der Waals surface area contributed by atoms with Gasteiger partial charge < -0.3 is 10.2 Å². The van der Waals surface area contributed by atoms with Gasteiger partial charge in [-0.05, 0) is 5.92 Å². The molecule has 1 unspecified atom stereocenters.